The molecule has 0 amide bonds. The van der Waals surface area contributed by atoms with Gasteiger partial charge in [-0.05, 0) is 54.1 Å². The van der Waals surface area contributed by atoms with Crippen LogP contribution in [0.1, 0.15) is 19.4 Å². The molecule has 0 fully saturated rings. The van der Waals surface area contributed by atoms with Crippen molar-refractivity contribution in [3.05, 3.63) is 21.3 Å². The van der Waals surface area contributed by atoms with Crippen molar-refractivity contribution in [2.45, 2.75) is 26.5 Å². The van der Waals surface area contributed by atoms with Gasteiger partial charge in [-0.1, -0.05) is 0 Å². The van der Waals surface area contributed by atoms with Gasteiger partial charge in [0.1, 0.15) is 0 Å². The van der Waals surface area contributed by atoms with Crippen LogP contribution in [0.4, 0.5) is 0 Å². The van der Waals surface area contributed by atoms with Crippen LogP contribution >= 0.6 is 22.6 Å². The van der Waals surface area contributed by atoms with E-state index in [1.807, 2.05) is 26.0 Å². The quantitative estimate of drug-likeness (QED) is 0.867. The highest BCUT2D eigenvalue weighted by Gasteiger charge is 2.10. The van der Waals surface area contributed by atoms with Gasteiger partial charge in [-0.25, -0.2) is 0 Å². The largest absolute Gasteiger partial charge is 0.493 e. The molecule has 0 saturated heterocycles. The predicted octanol–water partition coefficient (Wildman–Crippen LogP) is 2.55. The third kappa shape index (κ3) is 3.24. The first kappa shape index (κ1) is 12.6. The summed E-state index contributed by atoms with van der Waals surface area (Å²) in [6.07, 6.45) is 0.137. The van der Waals surface area contributed by atoms with Crippen molar-refractivity contribution in [3.8, 4) is 11.5 Å². The molecule has 0 unspecified atom stereocenters. The molecule has 84 valence electrons. The van der Waals surface area contributed by atoms with Crippen LogP contribution in [0, 0.1) is 3.57 Å². The molecule has 4 heteroatoms. The second kappa shape index (κ2) is 5.55. The molecular weight excluding hydrogens is 305 g/mol. The van der Waals surface area contributed by atoms with Crippen LogP contribution < -0.4 is 15.2 Å². The van der Waals surface area contributed by atoms with Crippen LogP contribution in [0.2, 0.25) is 0 Å². The molecule has 0 bridgehead atoms. The number of nitrogens with two attached hydrogens (primary N) is 1. The molecule has 1 aromatic carbocycles. The van der Waals surface area contributed by atoms with E-state index in [1.54, 1.807) is 7.11 Å². The molecular formula is C11H16INO2. The second-order valence-corrected chi connectivity index (χ2v) is 4.63. The summed E-state index contributed by atoms with van der Waals surface area (Å²) in [5, 5.41) is 0. The van der Waals surface area contributed by atoms with Gasteiger partial charge >= 0.3 is 0 Å². The van der Waals surface area contributed by atoms with Gasteiger partial charge in [0.2, 0.25) is 0 Å². The van der Waals surface area contributed by atoms with Gasteiger partial charge in [0.05, 0.1) is 13.2 Å². The molecule has 0 aliphatic heterocycles. The number of hydrogen-bond acceptors (Lipinski definition) is 3. The molecule has 0 aliphatic carbocycles. The number of hydrogen-bond donors (Lipinski definition) is 1. The summed E-state index contributed by atoms with van der Waals surface area (Å²) in [6.45, 7) is 4.49. The Kier molecular flexibility index (Phi) is 4.66. The lowest BCUT2D eigenvalue weighted by Crippen LogP contribution is -2.08. The summed E-state index contributed by atoms with van der Waals surface area (Å²) in [4.78, 5) is 0. The lowest BCUT2D eigenvalue weighted by atomic mass is 10.2. The van der Waals surface area contributed by atoms with Crippen molar-refractivity contribution in [3.63, 3.8) is 0 Å². The molecule has 0 spiro atoms. The molecule has 15 heavy (non-hydrogen) atoms. The highest BCUT2D eigenvalue weighted by molar-refractivity contribution is 14.1. The maximum atomic E-state index is 5.65. The molecule has 1 rings (SSSR count). The maximum Gasteiger partial charge on any atom is 0.162 e. The molecule has 2 N–H and O–H groups in total. The SMILES string of the molecule is COc1cc(CN)c(I)cc1OC(C)C. The number of methoxy groups -OCH3 is 1. The summed E-state index contributed by atoms with van der Waals surface area (Å²) in [5.74, 6) is 1.51. The zero-order chi connectivity index (χ0) is 11.4. The fourth-order valence-electron chi connectivity index (χ4n) is 1.24. The minimum Gasteiger partial charge on any atom is -0.493 e. The Morgan fingerprint density at radius 2 is 2.00 bits per heavy atom. The number of rotatable bonds is 4. The van der Waals surface area contributed by atoms with E-state index < -0.39 is 0 Å². The first-order valence-electron chi connectivity index (χ1n) is 4.81. The molecule has 0 aromatic heterocycles. The summed E-state index contributed by atoms with van der Waals surface area (Å²) in [7, 11) is 1.63. The van der Waals surface area contributed by atoms with Crippen molar-refractivity contribution >= 4 is 22.6 Å². The Morgan fingerprint density at radius 3 is 2.47 bits per heavy atom. The van der Waals surface area contributed by atoms with Gasteiger partial charge < -0.3 is 15.2 Å². The lowest BCUT2D eigenvalue weighted by Gasteiger charge is -2.15. The van der Waals surface area contributed by atoms with E-state index in [-0.39, 0.29) is 6.10 Å². The average Bonchev–Trinajstić information content (AvgIpc) is 2.17. The van der Waals surface area contributed by atoms with Gasteiger partial charge in [-0.3, -0.25) is 0 Å². The van der Waals surface area contributed by atoms with Crippen LogP contribution in [-0.2, 0) is 6.54 Å². The Bertz CT molecular complexity index is 340. The van der Waals surface area contributed by atoms with E-state index in [9.17, 15) is 0 Å². The third-order valence-electron chi connectivity index (χ3n) is 1.92. The first-order valence-corrected chi connectivity index (χ1v) is 5.89. The normalized spacial score (nSPS) is 10.5. The fraction of sp³-hybridized carbons (Fsp3) is 0.455. The lowest BCUT2D eigenvalue weighted by molar-refractivity contribution is 0.230. The Hall–Kier alpha value is -0.490. The zero-order valence-electron chi connectivity index (χ0n) is 9.21. The van der Waals surface area contributed by atoms with Crippen molar-refractivity contribution in [2.75, 3.05) is 7.11 Å². The molecule has 0 saturated carbocycles. The van der Waals surface area contributed by atoms with Crippen molar-refractivity contribution < 1.29 is 9.47 Å². The topological polar surface area (TPSA) is 44.5 Å². The van der Waals surface area contributed by atoms with Crippen LogP contribution in [0.25, 0.3) is 0 Å². The minimum atomic E-state index is 0.137. The number of halogens is 1. The van der Waals surface area contributed by atoms with Gasteiger partial charge in [-0.15, -0.1) is 0 Å². The van der Waals surface area contributed by atoms with Crippen LogP contribution in [0.5, 0.6) is 11.5 Å². The first-order chi connectivity index (χ1) is 7.08. The van der Waals surface area contributed by atoms with Crippen LogP contribution in [0.15, 0.2) is 12.1 Å². The average molecular weight is 321 g/mol. The van der Waals surface area contributed by atoms with Crippen LogP contribution in [-0.4, -0.2) is 13.2 Å². The summed E-state index contributed by atoms with van der Waals surface area (Å²) in [6, 6.07) is 3.89. The molecule has 0 atom stereocenters. The van der Waals surface area contributed by atoms with E-state index in [2.05, 4.69) is 22.6 Å². The fourth-order valence-corrected chi connectivity index (χ4v) is 1.90. The Morgan fingerprint density at radius 1 is 1.33 bits per heavy atom. The van der Waals surface area contributed by atoms with Crippen molar-refractivity contribution in [2.24, 2.45) is 5.73 Å². The van der Waals surface area contributed by atoms with E-state index in [0.29, 0.717) is 6.54 Å². The standard InChI is InChI=1S/C11H16INO2/c1-7(2)15-11-5-9(12)8(6-13)4-10(11)14-3/h4-5,7H,6,13H2,1-3H3. The van der Waals surface area contributed by atoms with Gasteiger partial charge in [0, 0.05) is 10.1 Å². The molecule has 3 nitrogen and oxygen atoms in total. The van der Waals surface area contributed by atoms with E-state index in [4.69, 9.17) is 15.2 Å². The maximum absolute atomic E-state index is 5.65. The molecule has 0 aliphatic rings. The predicted molar refractivity (Wildman–Crippen MR) is 69.4 cm³/mol. The highest BCUT2D eigenvalue weighted by Crippen LogP contribution is 2.32. The Labute approximate surface area is 104 Å². The number of ether oxygens (including phenoxy) is 2. The summed E-state index contributed by atoms with van der Waals surface area (Å²) < 4.78 is 12.0. The van der Waals surface area contributed by atoms with Crippen LogP contribution in [0.3, 0.4) is 0 Å². The highest BCUT2D eigenvalue weighted by atomic mass is 127. The van der Waals surface area contributed by atoms with Gasteiger partial charge in [0.25, 0.3) is 0 Å². The Balaban J connectivity index is 3.09. The molecule has 1 aromatic rings. The summed E-state index contributed by atoms with van der Waals surface area (Å²) >= 11 is 2.25. The summed E-state index contributed by atoms with van der Waals surface area (Å²) in [5.41, 5.74) is 6.70. The van der Waals surface area contributed by atoms with E-state index in [1.165, 1.54) is 0 Å². The van der Waals surface area contributed by atoms with Gasteiger partial charge in [-0.2, -0.15) is 0 Å². The molecule has 0 radical (unpaired) electrons. The minimum absolute atomic E-state index is 0.137. The number of benzene rings is 1. The van der Waals surface area contributed by atoms with Crippen molar-refractivity contribution in [1.29, 1.82) is 0 Å². The van der Waals surface area contributed by atoms with Crippen molar-refractivity contribution in [1.82, 2.24) is 0 Å². The monoisotopic (exact) mass is 321 g/mol. The van der Waals surface area contributed by atoms with E-state index >= 15 is 0 Å². The second-order valence-electron chi connectivity index (χ2n) is 3.47. The third-order valence-corrected chi connectivity index (χ3v) is 2.92. The smallest absolute Gasteiger partial charge is 0.162 e. The zero-order valence-corrected chi connectivity index (χ0v) is 11.4. The van der Waals surface area contributed by atoms with Gasteiger partial charge in [0.15, 0.2) is 11.5 Å². The molecule has 0 heterocycles. The van der Waals surface area contributed by atoms with E-state index in [0.717, 1.165) is 20.6 Å².